The topological polar surface area (TPSA) is 25.2 Å². The van der Waals surface area contributed by atoms with Gasteiger partial charge in [-0.3, -0.25) is 0 Å². The van der Waals surface area contributed by atoms with Crippen LogP contribution in [0, 0.1) is 20.8 Å². The first-order valence-electron chi connectivity index (χ1n) is 7.07. The second-order valence-electron chi connectivity index (χ2n) is 5.17. The van der Waals surface area contributed by atoms with Gasteiger partial charge < -0.3 is 9.73 Å². The number of hydrogen-bond donors (Lipinski definition) is 1. The number of nitrogens with one attached hydrogen (secondary N) is 1. The Hall–Kier alpha value is -0.770. The van der Waals surface area contributed by atoms with Gasteiger partial charge in [0.05, 0.1) is 4.34 Å². The van der Waals surface area contributed by atoms with Crippen LogP contribution in [0.1, 0.15) is 46.9 Å². The third kappa shape index (κ3) is 3.46. The Morgan fingerprint density at radius 2 is 2.00 bits per heavy atom. The van der Waals surface area contributed by atoms with Crippen LogP contribution in [0.4, 0.5) is 0 Å². The molecule has 20 heavy (non-hydrogen) atoms. The van der Waals surface area contributed by atoms with Crippen LogP contribution >= 0.6 is 22.9 Å². The lowest BCUT2D eigenvalue weighted by Gasteiger charge is -2.18. The second kappa shape index (κ2) is 6.79. The van der Waals surface area contributed by atoms with Crippen molar-refractivity contribution in [3.05, 3.63) is 44.0 Å². The average molecular weight is 312 g/mol. The van der Waals surface area contributed by atoms with Gasteiger partial charge in [-0.15, -0.1) is 11.3 Å². The van der Waals surface area contributed by atoms with E-state index in [0.29, 0.717) is 6.04 Å². The minimum absolute atomic E-state index is 0.294. The third-order valence-corrected chi connectivity index (χ3v) is 4.89. The van der Waals surface area contributed by atoms with Crippen LogP contribution in [0.5, 0.6) is 0 Å². The van der Waals surface area contributed by atoms with Crippen LogP contribution in [0.2, 0.25) is 4.34 Å². The molecule has 1 atom stereocenters. The van der Waals surface area contributed by atoms with Gasteiger partial charge in [0.25, 0.3) is 0 Å². The Balaban J connectivity index is 2.26. The van der Waals surface area contributed by atoms with Crippen molar-refractivity contribution in [2.24, 2.45) is 0 Å². The highest BCUT2D eigenvalue weighted by molar-refractivity contribution is 7.16. The summed E-state index contributed by atoms with van der Waals surface area (Å²) in [5.41, 5.74) is 2.57. The number of thiophene rings is 1. The second-order valence-corrected chi connectivity index (χ2v) is 6.97. The van der Waals surface area contributed by atoms with Gasteiger partial charge in [0, 0.05) is 22.9 Å². The number of aryl methyl sites for hydroxylation is 2. The van der Waals surface area contributed by atoms with Gasteiger partial charge in [0.2, 0.25) is 0 Å². The maximum absolute atomic E-state index is 6.04. The van der Waals surface area contributed by atoms with E-state index >= 15 is 0 Å². The standard InChI is InChI=1S/C16H22ClNOS/c1-5-8-18-14(9-13-6-7-15(17)20-13)16-10(2)11(3)19-12(16)4/h6-7,14,18H,5,8-9H2,1-4H3. The molecule has 0 fully saturated rings. The molecule has 0 saturated carbocycles. The fraction of sp³-hybridized carbons (Fsp3) is 0.500. The fourth-order valence-corrected chi connectivity index (χ4v) is 3.71. The zero-order valence-electron chi connectivity index (χ0n) is 12.5. The van der Waals surface area contributed by atoms with Crippen molar-refractivity contribution in [1.82, 2.24) is 5.32 Å². The summed E-state index contributed by atoms with van der Waals surface area (Å²) in [7, 11) is 0. The summed E-state index contributed by atoms with van der Waals surface area (Å²) in [5, 5.41) is 3.64. The molecular weight excluding hydrogens is 290 g/mol. The van der Waals surface area contributed by atoms with Gasteiger partial charge in [-0.05, 0) is 51.4 Å². The molecule has 0 spiro atoms. The van der Waals surface area contributed by atoms with Crippen LogP contribution in [0.25, 0.3) is 0 Å². The zero-order chi connectivity index (χ0) is 14.7. The highest BCUT2D eigenvalue weighted by atomic mass is 35.5. The quantitative estimate of drug-likeness (QED) is 0.793. The van der Waals surface area contributed by atoms with Crippen molar-refractivity contribution in [3.8, 4) is 0 Å². The van der Waals surface area contributed by atoms with Gasteiger partial charge in [0.1, 0.15) is 11.5 Å². The Kier molecular flexibility index (Phi) is 5.30. The average Bonchev–Trinajstić information content (AvgIpc) is 2.90. The molecule has 0 saturated heterocycles. The van der Waals surface area contributed by atoms with E-state index in [1.165, 1.54) is 16.0 Å². The van der Waals surface area contributed by atoms with E-state index in [-0.39, 0.29) is 0 Å². The van der Waals surface area contributed by atoms with Gasteiger partial charge in [-0.2, -0.15) is 0 Å². The molecule has 0 radical (unpaired) electrons. The van der Waals surface area contributed by atoms with E-state index in [1.807, 2.05) is 13.0 Å². The normalized spacial score (nSPS) is 12.8. The molecular formula is C16H22ClNOS. The highest BCUT2D eigenvalue weighted by Crippen LogP contribution is 2.32. The van der Waals surface area contributed by atoms with Crippen molar-refractivity contribution < 1.29 is 4.42 Å². The molecule has 0 aliphatic carbocycles. The molecule has 110 valence electrons. The van der Waals surface area contributed by atoms with E-state index < -0.39 is 0 Å². The fourth-order valence-electron chi connectivity index (χ4n) is 2.58. The molecule has 0 aromatic carbocycles. The van der Waals surface area contributed by atoms with E-state index in [4.69, 9.17) is 16.0 Å². The van der Waals surface area contributed by atoms with E-state index in [9.17, 15) is 0 Å². The number of hydrogen-bond acceptors (Lipinski definition) is 3. The molecule has 2 aromatic heterocycles. The molecule has 1 unspecified atom stereocenters. The first kappa shape index (κ1) is 15.6. The van der Waals surface area contributed by atoms with Crippen LogP contribution in [0.3, 0.4) is 0 Å². The predicted octanol–water partition coefficient (Wildman–Crippen LogP) is 5.20. The molecule has 0 amide bonds. The summed E-state index contributed by atoms with van der Waals surface area (Å²) in [4.78, 5) is 1.31. The zero-order valence-corrected chi connectivity index (χ0v) is 14.1. The minimum Gasteiger partial charge on any atom is -0.466 e. The monoisotopic (exact) mass is 311 g/mol. The summed E-state index contributed by atoms with van der Waals surface area (Å²) < 4.78 is 6.64. The molecule has 1 N–H and O–H groups in total. The molecule has 2 heterocycles. The minimum atomic E-state index is 0.294. The molecule has 0 aliphatic heterocycles. The summed E-state index contributed by atoms with van der Waals surface area (Å²) in [6.07, 6.45) is 2.08. The smallest absolute Gasteiger partial charge is 0.106 e. The van der Waals surface area contributed by atoms with Crippen molar-refractivity contribution in [2.45, 2.75) is 46.6 Å². The van der Waals surface area contributed by atoms with Crippen molar-refractivity contribution in [1.29, 1.82) is 0 Å². The summed E-state index contributed by atoms with van der Waals surface area (Å²) in [5.74, 6) is 2.04. The first-order chi connectivity index (χ1) is 9.52. The van der Waals surface area contributed by atoms with Crippen LogP contribution in [0.15, 0.2) is 16.5 Å². The highest BCUT2D eigenvalue weighted by Gasteiger charge is 2.21. The molecule has 0 bridgehead atoms. The first-order valence-corrected chi connectivity index (χ1v) is 8.26. The van der Waals surface area contributed by atoms with Crippen molar-refractivity contribution in [2.75, 3.05) is 6.54 Å². The maximum atomic E-state index is 6.04. The largest absolute Gasteiger partial charge is 0.466 e. The predicted molar refractivity (Wildman–Crippen MR) is 87.0 cm³/mol. The molecule has 4 heteroatoms. The van der Waals surface area contributed by atoms with Crippen molar-refractivity contribution in [3.63, 3.8) is 0 Å². The van der Waals surface area contributed by atoms with Gasteiger partial charge in [0.15, 0.2) is 0 Å². The summed E-state index contributed by atoms with van der Waals surface area (Å²) in [6, 6.07) is 4.38. The van der Waals surface area contributed by atoms with Crippen LogP contribution in [-0.2, 0) is 6.42 Å². The van der Waals surface area contributed by atoms with Crippen molar-refractivity contribution >= 4 is 22.9 Å². The SMILES string of the molecule is CCCNC(Cc1ccc(Cl)s1)c1c(C)oc(C)c1C. The molecule has 2 nitrogen and oxygen atoms in total. The van der Waals surface area contributed by atoms with E-state index in [2.05, 4.69) is 32.2 Å². The molecule has 2 rings (SSSR count). The lowest BCUT2D eigenvalue weighted by molar-refractivity contribution is 0.481. The lowest BCUT2D eigenvalue weighted by atomic mass is 9.98. The van der Waals surface area contributed by atoms with E-state index in [1.54, 1.807) is 11.3 Å². The number of rotatable bonds is 6. The lowest BCUT2D eigenvalue weighted by Crippen LogP contribution is -2.24. The Labute approximate surface area is 130 Å². The Morgan fingerprint density at radius 1 is 1.25 bits per heavy atom. The Bertz CT molecular complexity index is 573. The molecule has 2 aromatic rings. The summed E-state index contributed by atoms with van der Waals surface area (Å²) in [6.45, 7) is 9.42. The number of furan rings is 1. The number of halogens is 1. The molecule has 0 aliphatic rings. The van der Waals surface area contributed by atoms with Crippen LogP contribution in [-0.4, -0.2) is 6.54 Å². The third-order valence-electron chi connectivity index (χ3n) is 3.64. The maximum Gasteiger partial charge on any atom is 0.106 e. The Morgan fingerprint density at radius 3 is 2.50 bits per heavy atom. The van der Waals surface area contributed by atoms with Gasteiger partial charge in [-0.25, -0.2) is 0 Å². The van der Waals surface area contributed by atoms with Crippen LogP contribution < -0.4 is 5.32 Å². The van der Waals surface area contributed by atoms with Gasteiger partial charge >= 0.3 is 0 Å². The van der Waals surface area contributed by atoms with Gasteiger partial charge in [-0.1, -0.05) is 18.5 Å². The summed E-state index contributed by atoms with van der Waals surface area (Å²) >= 11 is 7.70. The van der Waals surface area contributed by atoms with E-state index in [0.717, 1.165) is 35.2 Å².